The van der Waals surface area contributed by atoms with E-state index in [9.17, 15) is 14.0 Å². The van der Waals surface area contributed by atoms with Crippen LogP contribution >= 0.6 is 11.6 Å². The molecule has 25 heavy (non-hydrogen) atoms. The second-order valence-corrected chi connectivity index (χ2v) is 6.42. The van der Waals surface area contributed by atoms with Gasteiger partial charge < -0.3 is 10.2 Å². The number of amides is 2. The quantitative estimate of drug-likeness (QED) is 0.899. The summed E-state index contributed by atoms with van der Waals surface area (Å²) < 4.78 is 13.8. The van der Waals surface area contributed by atoms with Gasteiger partial charge in [-0.25, -0.2) is 4.39 Å². The first-order valence-corrected chi connectivity index (χ1v) is 8.54. The van der Waals surface area contributed by atoms with E-state index in [2.05, 4.69) is 5.32 Å². The molecule has 1 N–H and O–H groups in total. The van der Waals surface area contributed by atoms with Gasteiger partial charge in [0.1, 0.15) is 5.82 Å². The molecule has 0 bridgehead atoms. The molecule has 0 aromatic heterocycles. The van der Waals surface area contributed by atoms with Crippen molar-refractivity contribution in [3.8, 4) is 0 Å². The minimum Gasteiger partial charge on any atom is -0.342 e. The summed E-state index contributed by atoms with van der Waals surface area (Å²) in [7, 11) is 0. The molecule has 0 radical (unpaired) electrons. The Kier molecular flexibility index (Phi) is 5.34. The van der Waals surface area contributed by atoms with Crippen LogP contribution in [0.4, 0.5) is 10.1 Å². The van der Waals surface area contributed by atoms with Crippen molar-refractivity contribution in [3.63, 3.8) is 0 Å². The average Bonchev–Trinajstić information content (AvgIpc) is 3.11. The number of hydrogen-bond acceptors (Lipinski definition) is 2. The van der Waals surface area contributed by atoms with Gasteiger partial charge >= 0.3 is 0 Å². The first kappa shape index (κ1) is 17.4. The van der Waals surface area contributed by atoms with Crippen molar-refractivity contribution in [2.24, 2.45) is 0 Å². The molecule has 1 fully saturated rings. The van der Waals surface area contributed by atoms with Gasteiger partial charge in [-0.1, -0.05) is 29.8 Å². The maximum Gasteiger partial charge on any atom is 0.260 e. The molecule has 0 saturated carbocycles. The smallest absolute Gasteiger partial charge is 0.260 e. The van der Waals surface area contributed by atoms with Crippen LogP contribution < -0.4 is 5.32 Å². The number of nitrogens with one attached hydrogen (secondary N) is 1. The predicted molar refractivity (Wildman–Crippen MR) is 95.3 cm³/mol. The highest BCUT2D eigenvalue weighted by atomic mass is 35.5. The number of likely N-dealkylation sites (tertiary alicyclic amines) is 1. The third-order valence-electron chi connectivity index (χ3n) is 4.22. The van der Waals surface area contributed by atoms with Crippen LogP contribution in [0, 0.1) is 5.82 Å². The molecule has 0 aliphatic carbocycles. The molecule has 0 spiro atoms. The Morgan fingerprint density at radius 3 is 2.40 bits per heavy atom. The molecule has 3 rings (SSSR count). The number of carbonyl (C=O) groups is 2. The maximum absolute atomic E-state index is 13.8. The van der Waals surface area contributed by atoms with Gasteiger partial charge in [0.2, 0.25) is 5.91 Å². The van der Waals surface area contributed by atoms with Gasteiger partial charge in [0.25, 0.3) is 5.91 Å². The van der Waals surface area contributed by atoms with Crippen molar-refractivity contribution >= 4 is 29.1 Å². The van der Waals surface area contributed by atoms with E-state index >= 15 is 0 Å². The van der Waals surface area contributed by atoms with Crippen LogP contribution in [-0.4, -0.2) is 29.8 Å². The molecule has 6 heteroatoms. The molecule has 1 aliphatic heterocycles. The van der Waals surface area contributed by atoms with E-state index in [1.54, 1.807) is 24.3 Å². The van der Waals surface area contributed by atoms with Gasteiger partial charge in [-0.05, 0) is 42.7 Å². The van der Waals surface area contributed by atoms with Gasteiger partial charge in [-0.3, -0.25) is 9.59 Å². The molecular weight excluding hydrogens is 343 g/mol. The van der Waals surface area contributed by atoms with Crippen molar-refractivity contribution < 1.29 is 14.0 Å². The van der Waals surface area contributed by atoms with Gasteiger partial charge in [0, 0.05) is 18.8 Å². The monoisotopic (exact) mass is 360 g/mol. The van der Waals surface area contributed by atoms with E-state index in [0.29, 0.717) is 12.1 Å². The lowest BCUT2D eigenvalue weighted by atomic mass is 10.1. The Labute approximate surface area is 150 Å². The number of hydrogen-bond donors (Lipinski definition) is 1. The Bertz CT molecular complexity index is 766. The number of carbonyl (C=O) groups excluding carboxylic acids is 2. The van der Waals surface area contributed by atoms with Gasteiger partial charge in [-0.15, -0.1) is 0 Å². The maximum atomic E-state index is 13.8. The fourth-order valence-corrected chi connectivity index (χ4v) is 3.12. The molecule has 2 aromatic rings. The summed E-state index contributed by atoms with van der Waals surface area (Å²) in [6, 6.07) is 11.1. The lowest BCUT2D eigenvalue weighted by Gasteiger charge is -2.15. The van der Waals surface area contributed by atoms with Crippen molar-refractivity contribution in [2.45, 2.75) is 19.3 Å². The van der Waals surface area contributed by atoms with E-state index < -0.39 is 11.7 Å². The van der Waals surface area contributed by atoms with Crippen molar-refractivity contribution in [3.05, 3.63) is 64.4 Å². The molecule has 2 aromatic carbocycles. The van der Waals surface area contributed by atoms with Crippen LogP contribution in [0.25, 0.3) is 0 Å². The largest absolute Gasteiger partial charge is 0.342 e. The van der Waals surface area contributed by atoms with Crippen LogP contribution in [0.3, 0.4) is 0 Å². The number of anilines is 1. The van der Waals surface area contributed by atoms with Gasteiger partial charge in [-0.2, -0.15) is 0 Å². The van der Waals surface area contributed by atoms with Crippen molar-refractivity contribution in [1.29, 1.82) is 0 Å². The molecule has 130 valence electrons. The van der Waals surface area contributed by atoms with Gasteiger partial charge in [0.05, 0.1) is 17.0 Å². The number of nitrogens with zero attached hydrogens (tertiary/aromatic N) is 1. The zero-order valence-electron chi connectivity index (χ0n) is 13.6. The van der Waals surface area contributed by atoms with Crippen molar-refractivity contribution in [1.82, 2.24) is 4.90 Å². The second-order valence-electron chi connectivity index (χ2n) is 6.01. The zero-order valence-corrected chi connectivity index (χ0v) is 14.4. The lowest BCUT2D eigenvalue weighted by Crippen LogP contribution is -2.29. The second kappa shape index (κ2) is 7.66. The summed E-state index contributed by atoms with van der Waals surface area (Å²) in [5.41, 5.74) is 1.21. The summed E-state index contributed by atoms with van der Waals surface area (Å²) in [5.74, 6) is -1.16. The lowest BCUT2D eigenvalue weighted by molar-refractivity contribution is -0.129. The molecule has 1 heterocycles. The topological polar surface area (TPSA) is 49.4 Å². The first-order valence-electron chi connectivity index (χ1n) is 8.16. The Hall–Kier alpha value is -2.40. The minimum absolute atomic E-state index is 0.0605. The summed E-state index contributed by atoms with van der Waals surface area (Å²) in [6.07, 6.45) is 2.47. The predicted octanol–water partition coefficient (Wildman–Crippen LogP) is 3.90. The van der Waals surface area contributed by atoms with E-state index in [0.717, 1.165) is 31.5 Å². The third kappa shape index (κ3) is 4.17. The standard InChI is InChI=1S/C19H18ClFN2O2/c20-15-4-3-5-16(21)18(15)19(25)22-14-8-6-13(7-9-14)12-17(24)23-10-1-2-11-23/h3-9H,1-2,10-12H2,(H,22,25). The van der Waals surface area contributed by atoms with E-state index in [4.69, 9.17) is 11.6 Å². The normalized spacial score (nSPS) is 13.8. The molecule has 0 atom stereocenters. The molecular formula is C19H18ClFN2O2. The van der Waals surface area contributed by atoms with Crippen LogP contribution in [0.1, 0.15) is 28.8 Å². The SMILES string of the molecule is O=C(Nc1ccc(CC(=O)N2CCCC2)cc1)c1c(F)cccc1Cl. The van der Waals surface area contributed by atoms with E-state index in [1.165, 1.54) is 18.2 Å². The fraction of sp³-hybridized carbons (Fsp3) is 0.263. The summed E-state index contributed by atoms with van der Waals surface area (Å²) in [6.45, 7) is 1.66. The third-order valence-corrected chi connectivity index (χ3v) is 4.53. The highest BCUT2D eigenvalue weighted by molar-refractivity contribution is 6.34. The minimum atomic E-state index is -0.669. The molecule has 0 unspecified atom stereocenters. The number of halogens is 2. The van der Waals surface area contributed by atoms with Crippen LogP contribution in [0.2, 0.25) is 5.02 Å². The Morgan fingerprint density at radius 1 is 1.08 bits per heavy atom. The zero-order chi connectivity index (χ0) is 17.8. The first-order chi connectivity index (χ1) is 12.0. The molecule has 1 aliphatic rings. The fourth-order valence-electron chi connectivity index (χ4n) is 2.87. The number of benzene rings is 2. The summed E-state index contributed by atoms with van der Waals surface area (Å²) >= 11 is 5.89. The average molecular weight is 361 g/mol. The summed E-state index contributed by atoms with van der Waals surface area (Å²) in [5, 5.41) is 2.68. The van der Waals surface area contributed by atoms with Crippen LogP contribution in [-0.2, 0) is 11.2 Å². The van der Waals surface area contributed by atoms with E-state index in [-0.39, 0.29) is 16.5 Å². The van der Waals surface area contributed by atoms with Crippen LogP contribution in [0.5, 0.6) is 0 Å². The Balaban J connectivity index is 1.64. The van der Waals surface area contributed by atoms with Gasteiger partial charge in [0.15, 0.2) is 0 Å². The molecule has 4 nitrogen and oxygen atoms in total. The van der Waals surface area contributed by atoms with E-state index in [1.807, 2.05) is 4.90 Å². The van der Waals surface area contributed by atoms with Crippen LogP contribution in [0.15, 0.2) is 42.5 Å². The molecule has 2 amide bonds. The molecule has 1 saturated heterocycles. The summed E-state index contributed by atoms with van der Waals surface area (Å²) in [4.78, 5) is 26.2. The number of rotatable bonds is 4. The van der Waals surface area contributed by atoms with Crippen molar-refractivity contribution in [2.75, 3.05) is 18.4 Å². The Morgan fingerprint density at radius 2 is 1.76 bits per heavy atom. The highest BCUT2D eigenvalue weighted by Crippen LogP contribution is 2.21. The highest BCUT2D eigenvalue weighted by Gasteiger charge is 2.18.